The lowest BCUT2D eigenvalue weighted by molar-refractivity contribution is -0.136. The molecule has 28 heavy (non-hydrogen) atoms. The summed E-state index contributed by atoms with van der Waals surface area (Å²) in [6.45, 7) is 3.59. The van der Waals surface area contributed by atoms with Crippen LogP contribution in [0, 0.1) is 11.7 Å². The van der Waals surface area contributed by atoms with E-state index in [-0.39, 0.29) is 18.9 Å². The molecule has 152 valence electrons. The molecule has 0 saturated carbocycles. The smallest absolute Gasteiger partial charge is 0.261 e. The van der Waals surface area contributed by atoms with E-state index in [1.807, 2.05) is 13.8 Å². The van der Waals surface area contributed by atoms with Crippen LogP contribution in [-0.4, -0.2) is 36.8 Å². The van der Waals surface area contributed by atoms with Gasteiger partial charge in [0, 0.05) is 18.9 Å². The molecular weight excluding hydrogens is 384 g/mol. The predicted octanol–water partition coefficient (Wildman–Crippen LogP) is 2.50. The van der Waals surface area contributed by atoms with Crippen LogP contribution in [0.4, 0.5) is 4.39 Å². The first-order valence-electron chi connectivity index (χ1n) is 8.75. The molecule has 9 heteroatoms. The summed E-state index contributed by atoms with van der Waals surface area (Å²) in [4.78, 5) is 20.8. The van der Waals surface area contributed by atoms with E-state index < -0.39 is 32.7 Å². The van der Waals surface area contributed by atoms with Gasteiger partial charge in [0.1, 0.15) is 16.8 Å². The molecule has 0 unspecified atom stereocenters. The van der Waals surface area contributed by atoms with Crippen molar-refractivity contribution in [3.05, 3.63) is 60.2 Å². The molecule has 0 aliphatic rings. The Kier molecular flexibility index (Phi) is 7.61. The van der Waals surface area contributed by atoms with Gasteiger partial charge in [-0.15, -0.1) is 0 Å². The maximum Gasteiger partial charge on any atom is 0.261 e. The fourth-order valence-electron chi connectivity index (χ4n) is 2.79. The lowest BCUT2D eigenvalue weighted by atomic mass is 10.0. The van der Waals surface area contributed by atoms with Gasteiger partial charge in [0.2, 0.25) is 10.0 Å². The van der Waals surface area contributed by atoms with Crippen LogP contribution in [0.5, 0.6) is 0 Å². The largest absolute Gasteiger partial charge is 0.277 e. The number of halogens is 1. The summed E-state index contributed by atoms with van der Waals surface area (Å²) in [5, 5.41) is 0. The second kappa shape index (κ2) is 9.72. The molecule has 0 spiro atoms. The number of sulfonamides is 1. The molecule has 0 fully saturated rings. The minimum atomic E-state index is -4.32. The van der Waals surface area contributed by atoms with Gasteiger partial charge in [-0.2, -0.15) is 4.31 Å². The van der Waals surface area contributed by atoms with Gasteiger partial charge in [0.25, 0.3) is 5.91 Å². The number of amides is 1. The first kappa shape index (κ1) is 21.9. The number of nitrogens with one attached hydrogen (secondary N) is 1. The maximum absolute atomic E-state index is 14.3. The highest BCUT2D eigenvalue weighted by atomic mass is 32.2. The molecule has 1 aromatic carbocycles. The topological polar surface area (TPSA) is 88.6 Å². The molecule has 0 saturated heterocycles. The van der Waals surface area contributed by atoms with E-state index in [4.69, 9.17) is 4.84 Å². The van der Waals surface area contributed by atoms with E-state index in [9.17, 15) is 17.6 Å². The zero-order chi connectivity index (χ0) is 20.7. The van der Waals surface area contributed by atoms with Crippen LogP contribution in [0.3, 0.4) is 0 Å². The number of benzene rings is 1. The number of carbonyl (C=O) groups excluding carboxylic acids is 1. The number of hydrogen-bond donors (Lipinski definition) is 1. The number of rotatable bonds is 9. The van der Waals surface area contributed by atoms with Crippen molar-refractivity contribution in [3.8, 4) is 0 Å². The van der Waals surface area contributed by atoms with E-state index in [0.29, 0.717) is 5.56 Å². The predicted molar refractivity (Wildman–Crippen MR) is 102 cm³/mol. The molecule has 1 heterocycles. The standard InChI is InChI=1S/C19H24FN3O4S/c1-14(2)11-17(19(24)22-27-3)23(13-15-7-6-10-21-12-15)28(25,26)18-9-5-4-8-16(18)20/h4-10,12,14,17H,11,13H2,1-3H3,(H,22,24)/t17-/m1/s1/i3-1. The Labute approximate surface area is 164 Å². The highest BCUT2D eigenvalue weighted by molar-refractivity contribution is 7.89. The van der Waals surface area contributed by atoms with Crippen LogP contribution in [0.2, 0.25) is 0 Å². The zero-order valence-corrected chi connectivity index (χ0v) is 16.8. The van der Waals surface area contributed by atoms with Crippen molar-refractivity contribution in [1.82, 2.24) is 14.8 Å². The van der Waals surface area contributed by atoms with Gasteiger partial charge in [-0.3, -0.25) is 14.6 Å². The average Bonchev–Trinajstić information content (AvgIpc) is 2.65. The highest BCUT2D eigenvalue weighted by Gasteiger charge is 2.37. The van der Waals surface area contributed by atoms with E-state index in [1.54, 1.807) is 18.3 Å². The molecule has 0 bridgehead atoms. The highest BCUT2D eigenvalue weighted by Crippen LogP contribution is 2.26. The van der Waals surface area contributed by atoms with Gasteiger partial charge in [-0.05, 0) is 36.1 Å². The van der Waals surface area contributed by atoms with Crippen molar-refractivity contribution in [2.75, 3.05) is 7.11 Å². The van der Waals surface area contributed by atoms with Crippen molar-refractivity contribution >= 4 is 15.9 Å². The quantitative estimate of drug-likeness (QED) is 0.644. The number of carbonyl (C=O) groups is 1. The summed E-state index contributed by atoms with van der Waals surface area (Å²) in [6.07, 6.45) is 3.29. The SMILES string of the molecule is CC(C)C[C@H](C(=O)NO[11CH3])N(Cc1cccnc1)S(=O)(=O)c1ccccc1F. The third-order valence-corrected chi connectivity index (χ3v) is 5.92. The summed E-state index contributed by atoms with van der Waals surface area (Å²) >= 11 is 0. The molecule has 1 amide bonds. The summed E-state index contributed by atoms with van der Waals surface area (Å²) in [5.74, 6) is -1.51. The van der Waals surface area contributed by atoms with E-state index in [2.05, 4.69) is 10.5 Å². The monoisotopic (exact) mass is 408 g/mol. The number of aromatic nitrogens is 1. The molecule has 2 rings (SSSR count). The molecule has 0 aliphatic carbocycles. The van der Waals surface area contributed by atoms with Crippen LogP contribution in [0.1, 0.15) is 25.8 Å². The van der Waals surface area contributed by atoms with Gasteiger partial charge in [-0.25, -0.2) is 18.3 Å². The average molecular weight is 408 g/mol. The van der Waals surface area contributed by atoms with Crippen molar-refractivity contribution in [1.29, 1.82) is 0 Å². The van der Waals surface area contributed by atoms with Crippen LogP contribution in [0.25, 0.3) is 0 Å². The lowest BCUT2D eigenvalue weighted by Gasteiger charge is -2.31. The van der Waals surface area contributed by atoms with Crippen LogP contribution in [-0.2, 0) is 26.2 Å². The summed E-state index contributed by atoms with van der Waals surface area (Å²) in [5.41, 5.74) is 2.77. The molecular formula is C19H24FN3O4S. The molecule has 7 nitrogen and oxygen atoms in total. The van der Waals surface area contributed by atoms with Gasteiger partial charge >= 0.3 is 0 Å². The first-order valence-corrected chi connectivity index (χ1v) is 10.2. The third-order valence-electron chi connectivity index (χ3n) is 4.03. The normalized spacial score (nSPS) is 12.9. The summed E-state index contributed by atoms with van der Waals surface area (Å²) in [6, 6.07) is 7.36. The van der Waals surface area contributed by atoms with E-state index >= 15 is 0 Å². The van der Waals surface area contributed by atoms with Crippen molar-refractivity contribution < 1.29 is 22.4 Å². The van der Waals surface area contributed by atoms with Crippen molar-refractivity contribution in [2.24, 2.45) is 5.92 Å². The zero-order valence-electron chi connectivity index (χ0n) is 16.0. The molecule has 1 N–H and O–H groups in total. The number of hydroxylamine groups is 1. The Morgan fingerprint density at radius 2 is 1.96 bits per heavy atom. The Bertz CT molecular complexity index is 891. The Morgan fingerprint density at radius 3 is 2.54 bits per heavy atom. The minimum absolute atomic E-state index is 0.000162. The Hall–Kier alpha value is -2.36. The first-order chi connectivity index (χ1) is 13.3. The number of hydrogen-bond acceptors (Lipinski definition) is 5. The molecule has 1 atom stereocenters. The van der Waals surface area contributed by atoms with Crippen molar-refractivity contribution in [2.45, 2.75) is 37.8 Å². The third kappa shape index (κ3) is 5.34. The molecule has 0 radical (unpaired) electrons. The molecule has 0 aliphatic heterocycles. The van der Waals surface area contributed by atoms with Crippen LogP contribution in [0.15, 0.2) is 53.7 Å². The molecule has 2 aromatic rings. The van der Waals surface area contributed by atoms with Crippen LogP contribution < -0.4 is 5.48 Å². The summed E-state index contributed by atoms with van der Waals surface area (Å²) < 4.78 is 42.0. The van der Waals surface area contributed by atoms with Gasteiger partial charge in [0.15, 0.2) is 0 Å². The molecule has 1 aromatic heterocycles. The van der Waals surface area contributed by atoms with E-state index in [0.717, 1.165) is 10.4 Å². The Morgan fingerprint density at radius 1 is 1.25 bits per heavy atom. The van der Waals surface area contributed by atoms with Gasteiger partial charge < -0.3 is 0 Å². The second-order valence-electron chi connectivity index (χ2n) is 6.66. The number of pyridine rings is 1. The lowest BCUT2D eigenvalue weighted by Crippen LogP contribution is -2.49. The van der Waals surface area contributed by atoms with Crippen LogP contribution >= 0.6 is 0 Å². The number of nitrogens with zero attached hydrogens (tertiary/aromatic N) is 2. The fourth-order valence-corrected chi connectivity index (χ4v) is 4.44. The van der Waals surface area contributed by atoms with E-state index in [1.165, 1.54) is 31.5 Å². The van der Waals surface area contributed by atoms with Crippen molar-refractivity contribution in [3.63, 3.8) is 0 Å². The Balaban J connectivity index is 2.57. The van der Waals surface area contributed by atoms with Gasteiger partial charge in [0.05, 0.1) is 7.11 Å². The minimum Gasteiger partial charge on any atom is -0.277 e. The summed E-state index contributed by atoms with van der Waals surface area (Å²) in [7, 11) is -3.06. The van der Waals surface area contributed by atoms with Gasteiger partial charge in [-0.1, -0.05) is 32.0 Å². The second-order valence-corrected chi connectivity index (χ2v) is 8.52. The maximum atomic E-state index is 14.3. The fraction of sp³-hybridized carbons (Fsp3) is 0.368.